The molecule has 0 saturated carbocycles. The minimum atomic E-state index is 0.855. The third-order valence-corrected chi connectivity index (χ3v) is 6.82. The highest BCUT2D eigenvalue weighted by atomic mass is 16.3. The first-order chi connectivity index (χ1) is 17.3. The summed E-state index contributed by atoms with van der Waals surface area (Å²) in [5, 5.41) is 4.39. The molecule has 0 atom stereocenters. The van der Waals surface area contributed by atoms with E-state index in [0.717, 1.165) is 72.0 Å². The summed E-state index contributed by atoms with van der Waals surface area (Å²) < 4.78 is 14.7. The van der Waals surface area contributed by atoms with Gasteiger partial charge in [0.25, 0.3) is 0 Å². The molecule has 0 unspecified atom stereocenters. The van der Waals surface area contributed by atoms with Crippen LogP contribution in [0.15, 0.2) is 118 Å². The van der Waals surface area contributed by atoms with Gasteiger partial charge < -0.3 is 8.83 Å². The van der Waals surface area contributed by atoms with E-state index in [9.17, 15) is 0 Å². The molecule has 0 spiro atoms. The Balaban J connectivity index is 1.47. The van der Waals surface area contributed by atoms with Crippen LogP contribution in [0.5, 0.6) is 0 Å². The van der Waals surface area contributed by atoms with Gasteiger partial charge in [0.15, 0.2) is 5.58 Å². The van der Waals surface area contributed by atoms with Crippen LogP contribution in [0.1, 0.15) is 0 Å². The lowest BCUT2D eigenvalue weighted by Crippen LogP contribution is -1.98. The second kappa shape index (κ2) is 6.84. The summed E-state index contributed by atoms with van der Waals surface area (Å²) >= 11 is 0. The molecule has 0 N–H and O–H groups in total. The highest BCUT2D eigenvalue weighted by Crippen LogP contribution is 2.38. The Kier molecular flexibility index (Phi) is 3.63. The molecule has 8 aromatic rings. The molecule has 4 nitrogen and oxygen atoms in total. The predicted molar refractivity (Wildman–Crippen MR) is 141 cm³/mol. The van der Waals surface area contributed by atoms with Crippen molar-refractivity contribution in [2.24, 2.45) is 0 Å². The Hall–Kier alpha value is -4.83. The molecule has 4 heteroatoms. The molecule has 164 valence electrons. The molecule has 8 rings (SSSR count). The van der Waals surface area contributed by atoms with Gasteiger partial charge in [-0.15, -0.1) is 0 Å². The zero-order chi connectivity index (χ0) is 22.9. The zero-order valence-electron chi connectivity index (χ0n) is 18.6. The molecule has 5 aromatic carbocycles. The number of fused-ring (bicyclic) bond motifs is 7. The van der Waals surface area contributed by atoms with E-state index in [0.29, 0.717) is 0 Å². The lowest BCUT2D eigenvalue weighted by Gasteiger charge is -2.10. The number of hydrogen-bond acceptors (Lipinski definition) is 3. The van der Waals surface area contributed by atoms with E-state index in [1.54, 1.807) is 0 Å². The number of imidazole rings is 1. The summed E-state index contributed by atoms with van der Waals surface area (Å²) in [4.78, 5) is 5.08. The Morgan fingerprint density at radius 2 is 1.23 bits per heavy atom. The van der Waals surface area contributed by atoms with Crippen LogP contribution in [0.2, 0.25) is 0 Å². The topological polar surface area (TPSA) is 44.1 Å². The van der Waals surface area contributed by atoms with E-state index < -0.39 is 0 Å². The average molecular weight is 450 g/mol. The Morgan fingerprint density at radius 3 is 2.11 bits per heavy atom. The van der Waals surface area contributed by atoms with Crippen molar-refractivity contribution in [3.8, 4) is 17.1 Å². The highest BCUT2D eigenvalue weighted by Gasteiger charge is 2.19. The second-order valence-corrected chi connectivity index (χ2v) is 8.82. The molecule has 0 amide bonds. The van der Waals surface area contributed by atoms with Crippen LogP contribution in [0.3, 0.4) is 0 Å². The lowest BCUT2D eigenvalue weighted by molar-refractivity contribution is 0.666. The summed E-state index contributed by atoms with van der Waals surface area (Å²) in [5.41, 5.74) is 7.46. The van der Waals surface area contributed by atoms with Crippen molar-refractivity contribution in [2.45, 2.75) is 0 Å². The number of para-hydroxylation sites is 5. The monoisotopic (exact) mass is 450 g/mol. The van der Waals surface area contributed by atoms with Gasteiger partial charge in [0.1, 0.15) is 22.6 Å². The van der Waals surface area contributed by atoms with E-state index in [-0.39, 0.29) is 0 Å². The number of furan rings is 2. The maximum absolute atomic E-state index is 6.40. The van der Waals surface area contributed by atoms with Crippen LogP contribution in [0, 0.1) is 0 Å². The first kappa shape index (κ1) is 18.6. The van der Waals surface area contributed by atoms with E-state index in [4.69, 9.17) is 13.8 Å². The summed E-state index contributed by atoms with van der Waals surface area (Å²) in [6.07, 6.45) is 0. The lowest BCUT2D eigenvalue weighted by atomic mass is 10.1. The fraction of sp³-hybridized carbons (Fsp3) is 0. The van der Waals surface area contributed by atoms with Gasteiger partial charge in [0.05, 0.1) is 16.7 Å². The SMILES string of the molecule is c1ccc2c(c1)nc(-c1ccc3oc4ccccc4c3c1)n2-c1cccc2c1oc1ccccc12. The molecular formula is C31H18N2O2. The van der Waals surface area contributed by atoms with Crippen molar-refractivity contribution in [1.82, 2.24) is 9.55 Å². The van der Waals surface area contributed by atoms with E-state index in [1.807, 2.05) is 48.5 Å². The maximum atomic E-state index is 6.40. The number of rotatable bonds is 2. The van der Waals surface area contributed by atoms with E-state index in [2.05, 4.69) is 65.2 Å². The number of hydrogen-bond donors (Lipinski definition) is 0. The summed E-state index contributed by atoms with van der Waals surface area (Å²) in [6, 6.07) is 37.2. The van der Waals surface area contributed by atoms with Gasteiger partial charge >= 0.3 is 0 Å². The fourth-order valence-corrected chi connectivity index (χ4v) is 5.24. The molecule has 0 aliphatic carbocycles. The average Bonchev–Trinajstić information content (AvgIpc) is 3.59. The predicted octanol–water partition coefficient (Wildman–Crippen LogP) is 8.49. The van der Waals surface area contributed by atoms with Gasteiger partial charge in [0.2, 0.25) is 0 Å². The third-order valence-electron chi connectivity index (χ3n) is 6.82. The zero-order valence-corrected chi connectivity index (χ0v) is 18.6. The number of aromatic nitrogens is 2. The molecule has 0 bridgehead atoms. The van der Waals surface area contributed by atoms with E-state index >= 15 is 0 Å². The van der Waals surface area contributed by atoms with Gasteiger partial charge in [-0.3, -0.25) is 4.57 Å². The van der Waals surface area contributed by atoms with Crippen LogP contribution in [0.4, 0.5) is 0 Å². The minimum Gasteiger partial charge on any atom is -0.456 e. The first-order valence-electron chi connectivity index (χ1n) is 11.6. The van der Waals surface area contributed by atoms with Crippen LogP contribution in [-0.4, -0.2) is 9.55 Å². The van der Waals surface area contributed by atoms with Crippen molar-refractivity contribution < 1.29 is 8.83 Å². The molecule has 3 heterocycles. The van der Waals surface area contributed by atoms with Crippen LogP contribution in [-0.2, 0) is 0 Å². The number of nitrogens with zero attached hydrogens (tertiary/aromatic N) is 2. The summed E-state index contributed by atoms with van der Waals surface area (Å²) in [6.45, 7) is 0. The second-order valence-electron chi connectivity index (χ2n) is 8.82. The smallest absolute Gasteiger partial charge is 0.159 e. The molecule has 0 aliphatic heterocycles. The first-order valence-corrected chi connectivity index (χ1v) is 11.6. The highest BCUT2D eigenvalue weighted by molar-refractivity contribution is 6.09. The molecular weight excluding hydrogens is 432 g/mol. The molecule has 0 fully saturated rings. The molecule has 0 radical (unpaired) electrons. The Bertz CT molecular complexity index is 2070. The van der Waals surface area contributed by atoms with Crippen molar-refractivity contribution in [1.29, 1.82) is 0 Å². The molecule has 3 aromatic heterocycles. The van der Waals surface area contributed by atoms with Gasteiger partial charge in [-0.25, -0.2) is 4.98 Å². The summed E-state index contributed by atoms with van der Waals surface area (Å²) in [5.74, 6) is 0.867. The van der Waals surface area contributed by atoms with Gasteiger partial charge in [-0.2, -0.15) is 0 Å². The maximum Gasteiger partial charge on any atom is 0.159 e. The minimum absolute atomic E-state index is 0.855. The largest absolute Gasteiger partial charge is 0.456 e. The van der Waals surface area contributed by atoms with Gasteiger partial charge in [0, 0.05) is 27.1 Å². The van der Waals surface area contributed by atoms with Gasteiger partial charge in [-0.05, 0) is 48.5 Å². The third kappa shape index (κ3) is 2.59. The molecule has 0 saturated heterocycles. The Morgan fingerprint density at radius 1 is 0.543 bits per heavy atom. The van der Waals surface area contributed by atoms with Crippen molar-refractivity contribution in [3.05, 3.63) is 109 Å². The van der Waals surface area contributed by atoms with E-state index in [1.165, 1.54) is 0 Å². The van der Waals surface area contributed by atoms with Crippen LogP contribution < -0.4 is 0 Å². The van der Waals surface area contributed by atoms with Gasteiger partial charge in [-0.1, -0.05) is 60.7 Å². The molecule has 0 aliphatic rings. The van der Waals surface area contributed by atoms with Crippen molar-refractivity contribution in [2.75, 3.05) is 0 Å². The standard InChI is InChI=1S/C31H18N2O2/c1-6-15-28-20(8-1)22-10-7-13-26(30(22)35-28)33-25-12-4-3-11-24(25)32-31(33)19-16-17-29-23(18-19)21-9-2-5-14-27(21)34-29/h1-18H. The quantitative estimate of drug-likeness (QED) is 0.265. The molecule has 35 heavy (non-hydrogen) atoms. The van der Waals surface area contributed by atoms with Crippen LogP contribution >= 0.6 is 0 Å². The number of benzene rings is 5. The fourth-order valence-electron chi connectivity index (χ4n) is 5.24. The normalized spacial score (nSPS) is 12.0. The summed E-state index contributed by atoms with van der Waals surface area (Å²) in [7, 11) is 0. The van der Waals surface area contributed by atoms with Crippen LogP contribution in [0.25, 0.3) is 72.0 Å². The van der Waals surface area contributed by atoms with Crippen molar-refractivity contribution in [3.63, 3.8) is 0 Å². The Labute approximate surface area is 199 Å². The van der Waals surface area contributed by atoms with Crippen molar-refractivity contribution >= 4 is 54.9 Å².